The van der Waals surface area contributed by atoms with Crippen LogP contribution in [-0.4, -0.2) is 4.92 Å². The van der Waals surface area contributed by atoms with Crippen molar-refractivity contribution in [1.82, 2.24) is 0 Å². The van der Waals surface area contributed by atoms with Gasteiger partial charge in [-0.25, -0.2) is 4.39 Å². The van der Waals surface area contributed by atoms with Gasteiger partial charge in [-0.1, -0.05) is 11.6 Å². The molecule has 2 aromatic rings. The van der Waals surface area contributed by atoms with Gasteiger partial charge in [-0.3, -0.25) is 10.1 Å². The van der Waals surface area contributed by atoms with E-state index in [1.54, 1.807) is 0 Å². The van der Waals surface area contributed by atoms with Gasteiger partial charge >= 0.3 is 0 Å². The minimum Gasteiger partial charge on any atom is -0.380 e. The van der Waals surface area contributed by atoms with Crippen LogP contribution in [-0.2, 0) is 6.54 Å². The van der Waals surface area contributed by atoms with Crippen LogP contribution < -0.4 is 5.32 Å². The molecular weight excluding hydrogens is 297 g/mol. The average molecular weight is 306 g/mol. The van der Waals surface area contributed by atoms with E-state index in [1.165, 1.54) is 30.3 Å². The first-order valence-electron chi connectivity index (χ1n) is 5.87. The van der Waals surface area contributed by atoms with Crippen LogP contribution in [0.2, 0.25) is 5.02 Å². The Labute approximate surface area is 124 Å². The molecule has 21 heavy (non-hydrogen) atoms. The summed E-state index contributed by atoms with van der Waals surface area (Å²) in [5.41, 5.74) is 0.820. The minimum absolute atomic E-state index is 0.0764. The molecule has 0 saturated heterocycles. The molecule has 0 bridgehead atoms. The second-order valence-corrected chi connectivity index (χ2v) is 4.62. The summed E-state index contributed by atoms with van der Waals surface area (Å²) < 4.78 is 13.0. The van der Waals surface area contributed by atoms with Crippen LogP contribution in [0.15, 0.2) is 36.4 Å². The zero-order valence-electron chi connectivity index (χ0n) is 10.6. The van der Waals surface area contributed by atoms with Crippen molar-refractivity contribution in [2.75, 3.05) is 5.32 Å². The van der Waals surface area contributed by atoms with Gasteiger partial charge in [0.05, 0.1) is 21.7 Å². The summed E-state index contributed by atoms with van der Waals surface area (Å²) in [6.45, 7) is 0.0944. The molecule has 0 amide bonds. The molecule has 5 nitrogen and oxygen atoms in total. The van der Waals surface area contributed by atoms with E-state index >= 15 is 0 Å². The van der Waals surface area contributed by atoms with Gasteiger partial charge in [0.15, 0.2) is 0 Å². The number of nitrogens with one attached hydrogen (secondary N) is 1. The maximum Gasteiger partial charge on any atom is 0.274 e. The van der Waals surface area contributed by atoms with Crippen molar-refractivity contribution in [3.8, 4) is 6.07 Å². The molecule has 2 rings (SSSR count). The molecule has 2 aromatic carbocycles. The van der Waals surface area contributed by atoms with Crippen LogP contribution in [0.3, 0.4) is 0 Å². The highest BCUT2D eigenvalue weighted by Gasteiger charge is 2.14. The molecule has 0 aliphatic carbocycles. The van der Waals surface area contributed by atoms with Gasteiger partial charge in [-0.05, 0) is 30.3 Å². The lowest BCUT2D eigenvalue weighted by atomic mass is 10.1. The Balaban J connectivity index is 2.27. The van der Waals surface area contributed by atoms with Gasteiger partial charge in [0, 0.05) is 17.6 Å². The van der Waals surface area contributed by atoms with Crippen molar-refractivity contribution in [1.29, 1.82) is 5.26 Å². The normalized spacial score (nSPS) is 9.95. The third kappa shape index (κ3) is 3.46. The minimum atomic E-state index is -0.522. The van der Waals surface area contributed by atoms with Crippen LogP contribution in [0.25, 0.3) is 0 Å². The van der Waals surface area contributed by atoms with E-state index in [0.717, 1.165) is 6.07 Å². The van der Waals surface area contributed by atoms with Gasteiger partial charge in [0.1, 0.15) is 11.9 Å². The largest absolute Gasteiger partial charge is 0.380 e. The Bertz CT molecular complexity index is 743. The Morgan fingerprint density at radius 1 is 1.33 bits per heavy atom. The molecule has 106 valence electrons. The molecule has 0 saturated carbocycles. The number of nitriles is 1. The predicted octanol–water partition coefficient (Wildman–Crippen LogP) is 3.87. The van der Waals surface area contributed by atoms with E-state index < -0.39 is 10.7 Å². The summed E-state index contributed by atoms with van der Waals surface area (Å²) in [7, 11) is 0. The number of nitrogens with zero attached hydrogens (tertiary/aromatic N) is 2. The third-order valence-corrected chi connectivity index (χ3v) is 3.04. The number of anilines is 1. The maximum absolute atomic E-state index is 13.0. The maximum atomic E-state index is 13.0. The molecule has 0 spiro atoms. The van der Waals surface area contributed by atoms with E-state index in [0.29, 0.717) is 16.3 Å². The van der Waals surface area contributed by atoms with E-state index in [1.807, 2.05) is 6.07 Å². The highest BCUT2D eigenvalue weighted by molar-refractivity contribution is 6.30. The van der Waals surface area contributed by atoms with Gasteiger partial charge in [-0.15, -0.1) is 0 Å². The zero-order valence-corrected chi connectivity index (χ0v) is 11.4. The van der Waals surface area contributed by atoms with Crippen molar-refractivity contribution in [3.05, 3.63) is 68.5 Å². The highest BCUT2D eigenvalue weighted by atomic mass is 35.5. The van der Waals surface area contributed by atoms with E-state index in [9.17, 15) is 14.5 Å². The fraction of sp³-hybridized carbons (Fsp3) is 0.0714. The summed E-state index contributed by atoms with van der Waals surface area (Å²) in [6, 6.07) is 9.78. The molecule has 0 unspecified atom stereocenters. The number of hydrogen-bond donors (Lipinski definition) is 1. The monoisotopic (exact) mass is 305 g/mol. The Kier molecular flexibility index (Phi) is 4.36. The second kappa shape index (κ2) is 6.20. The van der Waals surface area contributed by atoms with Crippen molar-refractivity contribution in [2.24, 2.45) is 0 Å². The van der Waals surface area contributed by atoms with Crippen LogP contribution in [0, 0.1) is 27.3 Å². The molecular formula is C14H9ClFN3O2. The lowest BCUT2D eigenvalue weighted by Crippen LogP contribution is -2.04. The Morgan fingerprint density at radius 2 is 2.10 bits per heavy atom. The number of hydrogen-bond acceptors (Lipinski definition) is 4. The molecule has 1 N–H and O–H groups in total. The first kappa shape index (κ1) is 14.8. The predicted molar refractivity (Wildman–Crippen MR) is 76.5 cm³/mol. The van der Waals surface area contributed by atoms with Crippen LogP contribution in [0.4, 0.5) is 15.8 Å². The summed E-state index contributed by atoms with van der Waals surface area (Å²) >= 11 is 5.83. The van der Waals surface area contributed by atoms with Gasteiger partial charge in [0.25, 0.3) is 5.69 Å². The van der Waals surface area contributed by atoms with Crippen LogP contribution >= 0.6 is 11.6 Å². The van der Waals surface area contributed by atoms with Crippen LogP contribution in [0.1, 0.15) is 11.1 Å². The molecule has 0 aromatic heterocycles. The van der Waals surface area contributed by atoms with Gasteiger partial charge in [0.2, 0.25) is 0 Å². The van der Waals surface area contributed by atoms with E-state index in [-0.39, 0.29) is 17.8 Å². The molecule has 0 fully saturated rings. The fourth-order valence-electron chi connectivity index (χ4n) is 1.83. The highest BCUT2D eigenvalue weighted by Crippen LogP contribution is 2.24. The first-order chi connectivity index (χ1) is 10.0. The average Bonchev–Trinajstić information content (AvgIpc) is 2.45. The van der Waals surface area contributed by atoms with Crippen molar-refractivity contribution < 1.29 is 9.31 Å². The fourth-order valence-corrected chi connectivity index (χ4v) is 2.02. The number of benzene rings is 2. The molecule has 0 heterocycles. The topological polar surface area (TPSA) is 79.0 Å². The van der Waals surface area contributed by atoms with Gasteiger partial charge < -0.3 is 5.32 Å². The molecule has 7 heteroatoms. The van der Waals surface area contributed by atoms with E-state index in [2.05, 4.69) is 5.32 Å². The SMILES string of the molecule is N#Cc1cc(F)ccc1NCc1cc(Cl)ccc1[N+](=O)[O-]. The number of nitro groups is 1. The molecule has 0 aliphatic heterocycles. The Morgan fingerprint density at radius 3 is 2.76 bits per heavy atom. The zero-order chi connectivity index (χ0) is 15.4. The van der Waals surface area contributed by atoms with Gasteiger partial charge in [-0.2, -0.15) is 5.26 Å². The number of nitro benzene ring substituents is 1. The van der Waals surface area contributed by atoms with Crippen molar-refractivity contribution in [2.45, 2.75) is 6.54 Å². The van der Waals surface area contributed by atoms with Crippen molar-refractivity contribution in [3.63, 3.8) is 0 Å². The summed E-state index contributed by atoms with van der Waals surface area (Å²) in [5.74, 6) is -0.522. The van der Waals surface area contributed by atoms with Crippen LogP contribution in [0.5, 0.6) is 0 Å². The molecule has 0 atom stereocenters. The molecule has 0 radical (unpaired) electrons. The van der Waals surface area contributed by atoms with Crippen molar-refractivity contribution >= 4 is 23.0 Å². The molecule has 0 aliphatic rings. The summed E-state index contributed by atoms with van der Waals surface area (Å²) in [5, 5.41) is 23.1. The lowest BCUT2D eigenvalue weighted by Gasteiger charge is -2.09. The summed E-state index contributed by atoms with van der Waals surface area (Å²) in [6.07, 6.45) is 0. The smallest absolute Gasteiger partial charge is 0.274 e. The Hall–Kier alpha value is -2.65. The number of rotatable bonds is 4. The second-order valence-electron chi connectivity index (χ2n) is 4.19. The summed E-state index contributed by atoms with van der Waals surface area (Å²) in [4.78, 5) is 10.4. The standard InChI is InChI=1S/C14H9ClFN3O2/c15-11-1-4-14(19(20)21)10(5-11)8-18-13-3-2-12(16)6-9(13)7-17/h1-6,18H,8H2. The quantitative estimate of drug-likeness (QED) is 0.687. The number of halogens is 2. The third-order valence-electron chi connectivity index (χ3n) is 2.81. The van der Waals surface area contributed by atoms with E-state index in [4.69, 9.17) is 16.9 Å². The first-order valence-corrected chi connectivity index (χ1v) is 6.25. The lowest BCUT2D eigenvalue weighted by molar-refractivity contribution is -0.385.